The molecule has 114 valence electrons. The summed E-state index contributed by atoms with van der Waals surface area (Å²) in [7, 11) is 1.73. The highest BCUT2D eigenvalue weighted by atomic mass is 16.5. The van der Waals surface area contributed by atoms with E-state index in [9.17, 15) is 0 Å². The first kappa shape index (κ1) is 15.4. The van der Waals surface area contributed by atoms with E-state index < -0.39 is 0 Å². The van der Waals surface area contributed by atoms with E-state index in [0.29, 0.717) is 12.1 Å². The molecule has 2 heterocycles. The minimum absolute atomic E-state index is 0.211. The van der Waals surface area contributed by atoms with Crippen LogP contribution in [0.4, 0.5) is 0 Å². The van der Waals surface area contributed by atoms with Gasteiger partial charge in [-0.25, -0.2) is 0 Å². The number of aryl methyl sites for hydroxylation is 1. The number of likely N-dealkylation sites (tertiary alicyclic amines) is 1. The SMILES string of the molecule is COCCCCc1noc([C@H](C)N2[C@@H](C)CC[C@@H]2C)n1. The Balaban J connectivity index is 1.90. The van der Waals surface area contributed by atoms with Gasteiger partial charge in [0.15, 0.2) is 5.82 Å². The van der Waals surface area contributed by atoms with Crippen molar-refractivity contribution < 1.29 is 9.26 Å². The number of ether oxygens (including phenoxy) is 1. The quantitative estimate of drug-likeness (QED) is 0.719. The van der Waals surface area contributed by atoms with E-state index in [1.807, 2.05) is 0 Å². The van der Waals surface area contributed by atoms with Crippen molar-refractivity contribution in [2.75, 3.05) is 13.7 Å². The molecule has 1 aromatic rings. The molecule has 1 aliphatic heterocycles. The lowest BCUT2D eigenvalue weighted by Crippen LogP contribution is -2.35. The average Bonchev–Trinajstić information content (AvgIpc) is 3.02. The Bertz CT molecular complexity index is 398. The summed E-state index contributed by atoms with van der Waals surface area (Å²) in [6, 6.07) is 1.40. The van der Waals surface area contributed by atoms with Crippen LogP contribution in [0.3, 0.4) is 0 Å². The summed E-state index contributed by atoms with van der Waals surface area (Å²) in [5.74, 6) is 1.58. The predicted octanol–water partition coefficient (Wildman–Crippen LogP) is 2.97. The normalized spacial score (nSPS) is 25.2. The van der Waals surface area contributed by atoms with Crippen molar-refractivity contribution in [3.8, 4) is 0 Å². The van der Waals surface area contributed by atoms with Crippen molar-refractivity contribution in [1.82, 2.24) is 15.0 Å². The van der Waals surface area contributed by atoms with Crippen LogP contribution in [0, 0.1) is 0 Å². The van der Waals surface area contributed by atoms with Gasteiger partial charge in [-0.1, -0.05) is 5.16 Å². The van der Waals surface area contributed by atoms with Crippen LogP contribution in [0.5, 0.6) is 0 Å². The fourth-order valence-electron chi connectivity index (χ4n) is 3.17. The summed E-state index contributed by atoms with van der Waals surface area (Å²) in [6.07, 6.45) is 5.45. The highest BCUT2D eigenvalue weighted by Crippen LogP contribution is 2.32. The smallest absolute Gasteiger partial charge is 0.243 e. The zero-order chi connectivity index (χ0) is 14.5. The molecular weight excluding hydrogens is 254 g/mol. The lowest BCUT2D eigenvalue weighted by atomic mass is 10.2. The summed E-state index contributed by atoms with van der Waals surface area (Å²) in [6.45, 7) is 7.52. The third-order valence-corrected chi connectivity index (χ3v) is 4.31. The summed E-state index contributed by atoms with van der Waals surface area (Å²) in [4.78, 5) is 7.05. The first-order chi connectivity index (χ1) is 9.63. The Morgan fingerprint density at radius 2 is 2.00 bits per heavy atom. The molecule has 20 heavy (non-hydrogen) atoms. The van der Waals surface area contributed by atoms with Crippen molar-refractivity contribution in [3.05, 3.63) is 11.7 Å². The van der Waals surface area contributed by atoms with E-state index in [-0.39, 0.29) is 6.04 Å². The molecule has 0 spiro atoms. The molecule has 2 rings (SSSR count). The molecule has 0 aliphatic carbocycles. The van der Waals surface area contributed by atoms with Crippen molar-refractivity contribution in [1.29, 1.82) is 0 Å². The number of unbranched alkanes of at least 4 members (excludes halogenated alkanes) is 1. The number of nitrogens with zero attached hydrogens (tertiary/aromatic N) is 3. The molecule has 0 bridgehead atoms. The molecule has 3 atom stereocenters. The minimum atomic E-state index is 0.211. The first-order valence-electron chi connectivity index (χ1n) is 7.72. The van der Waals surface area contributed by atoms with Crippen LogP contribution >= 0.6 is 0 Å². The van der Waals surface area contributed by atoms with Crippen molar-refractivity contribution in [3.63, 3.8) is 0 Å². The highest BCUT2D eigenvalue weighted by Gasteiger charge is 2.34. The molecule has 1 aromatic heterocycles. The van der Waals surface area contributed by atoms with E-state index >= 15 is 0 Å². The number of hydrogen-bond acceptors (Lipinski definition) is 5. The Kier molecular flexibility index (Phi) is 5.54. The van der Waals surface area contributed by atoms with E-state index in [1.54, 1.807) is 7.11 Å². The molecule has 1 aliphatic rings. The predicted molar refractivity (Wildman–Crippen MR) is 77.5 cm³/mol. The van der Waals surface area contributed by atoms with Crippen molar-refractivity contribution in [2.45, 2.75) is 71.0 Å². The molecule has 0 unspecified atom stereocenters. The van der Waals surface area contributed by atoms with E-state index in [1.165, 1.54) is 12.8 Å². The second-order valence-electron chi connectivity index (χ2n) is 5.90. The van der Waals surface area contributed by atoms with Gasteiger partial charge in [-0.3, -0.25) is 4.90 Å². The monoisotopic (exact) mass is 281 g/mol. The number of methoxy groups -OCH3 is 1. The maximum absolute atomic E-state index is 5.46. The Hall–Kier alpha value is -0.940. The maximum atomic E-state index is 5.46. The topological polar surface area (TPSA) is 51.4 Å². The van der Waals surface area contributed by atoms with Gasteiger partial charge in [-0.15, -0.1) is 0 Å². The molecule has 1 fully saturated rings. The molecule has 5 heteroatoms. The largest absolute Gasteiger partial charge is 0.385 e. The summed E-state index contributed by atoms with van der Waals surface area (Å²) < 4.78 is 10.5. The maximum Gasteiger partial charge on any atom is 0.243 e. The van der Waals surface area contributed by atoms with Crippen molar-refractivity contribution >= 4 is 0 Å². The average molecular weight is 281 g/mol. The lowest BCUT2D eigenvalue weighted by Gasteiger charge is -2.30. The van der Waals surface area contributed by atoms with Gasteiger partial charge >= 0.3 is 0 Å². The minimum Gasteiger partial charge on any atom is -0.385 e. The number of aromatic nitrogens is 2. The molecule has 0 radical (unpaired) electrons. The Morgan fingerprint density at radius 3 is 2.65 bits per heavy atom. The molecule has 0 saturated carbocycles. The van der Waals surface area contributed by atoms with E-state index in [2.05, 4.69) is 35.8 Å². The van der Waals surface area contributed by atoms with Gasteiger partial charge in [0.25, 0.3) is 0 Å². The van der Waals surface area contributed by atoms with Crippen LogP contribution in [0.25, 0.3) is 0 Å². The molecule has 0 amide bonds. The zero-order valence-electron chi connectivity index (χ0n) is 13.1. The van der Waals surface area contributed by atoms with Crippen LogP contribution in [0.15, 0.2) is 4.52 Å². The standard InChI is InChI=1S/C15H27N3O2/c1-11-8-9-12(2)18(11)13(3)15-16-14(17-20-15)7-5-6-10-19-4/h11-13H,5-10H2,1-4H3/t11-,12-,13-/m0/s1. The zero-order valence-corrected chi connectivity index (χ0v) is 13.1. The van der Waals surface area contributed by atoms with Gasteiger partial charge in [0, 0.05) is 32.2 Å². The second-order valence-corrected chi connectivity index (χ2v) is 5.90. The van der Waals surface area contributed by atoms with Gasteiger partial charge in [0.1, 0.15) is 0 Å². The van der Waals surface area contributed by atoms with Crippen LogP contribution < -0.4 is 0 Å². The fraction of sp³-hybridized carbons (Fsp3) is 0.867. The summed E-state index contributed by atoms with van der Waals surface area (Å²) >= 11 is 0. The van der Waals surface area contributed by atoms with Crippen LogP contribution in [-0.4, -0.2) is 40.8 Å². The first-order valence-corrected chi connectivity index (χ1v) is 7.72. The van der Waals surface area contributed by atoms with Crippen LogP contribution in [0.2, 0.25) is 0 Å². The Morgan fingerprint density at radius 1 is 1.30 bits per heavy atom. The second kappa shape index (κ2) is 7.18. The highest BCUT2D eigenvalue weighted by molar-refractivity contribution is 4.97. The molecular formula is C15H27N3O2. The molecule has 0 aromatic carbocycles. The molecule has 1 saturated heterocycles. The third-order valence-electron chi connectivity index (χ3n) is 4.31. The fourth-order valence-corrected chi connectivity index (χ4v) is 3.17. The Labute approximate surface area is 121 Å². The molecule has 5 nitrogen and oxygen atoms in total. The van der Waals surface area contributed by atoms with Gasteiger partial charge in [-0.05, 0) is 46.5 Å². The number of hydrogen-bond donors (Lipinski definition) is 0. The van der Waals surface area contributed by atoms with Gasteiger partial charge in [0.05, 0.1) is 6.04 Å². The van der Waals surface area contributed by atoms with E-state index in [4.69, 9.17) is 9.26 Å². The number of rotatable bonds is 7. The van der Waals surface area contributed by atoms with Crippen LogP contribution in [0.1, 0.15) is 64.2 Å². The van der Waals surface area contributed by atoms with Gasteiger partial charge < -0.3 is 9.26 Å². The van der Waals surface area contributed by atoms with Crippen molar-refractivity contribution in [2.24, 2.45) is 0 Å². The molecule has 0 N–H and O–H groups in total. The summed E-state index contributed by atoms with van der Waals surface area (Å²) in [5, 5.41) is 4.10. The third kappa shape index (κ3) is 3.58. The van der Waals surface area contributed by atoms with E-state index in [0.717, 1.165) is 37.6 Å². The van der Waals surface area contributed by atoms with Gasteiger partial charge in [-0.2, -0.15) is 4.98 Å². The summed E-state index contributed by atoms with van der Waals surface area (Å²) in [5.41, 5.74) is 0. The lowest BCUT2D eigenvalue weighted by molar-refractivity contribution is 0.128. The van der Waals surface area contributed by atoms with Gasteiger partial charge in [0.2, 0.25) is 5.89 Å². The van der Waals surface area contributed by atoms with Crippen LogP contribution in [-0.2, 0) is 11.2 Å².